The summed E-state index contributed by atoms with van der Waals surface area (Å²) in [4.78, 5) is 64.8. The van der Waals surface area contributed by atoms with Gasteiger partial charge in [0.15, 0.2) is 29.4 Å². The largest absolute Gasteiger partial charge is 0.460 e. The van der Waals surface area contributed by atoms with Crippen molar-refractivity contribution in [2.24, 2.45) is 22.7 Å². The molecule has 1 heterocycles. The average Bonchev–Trinajstić information content (AvgIpc) is 3.39. The third-order valence-corrected chi connectivity index (χ3v) is 11.1. The lowest BCUT2D eigenvalue weighted by Crippen LogP contribution is -2.69. The van der Waals surface area contributed by atoms with Gasteiger partial charge in [0, 0.05) is 23.2 Å². The van der Waals surface area contributed by atoms with Crippen LogP contribution in [0.3, 0.4) is 0 Å². The van der Waals surface area contributed by atoms with E-state index in [1.807, 2.05) is 6.08 Å². The molecule has 9 atom stereocenters. The lowest BCUT2D eigenvalue weighted by atomic mass is 9.45. The maximum Gasteiger partial charge on any atom is 0.408 e. The quantitative estimate of drug-likeness (QED) is 0.205. The van der Waals surface area contributed by atoms with Crippen LogP contribution < -0.4 is 5.32 Å². The molecular formula is C36H48FNO11. The third-order valence-electron chi connectivity index (χ3n) is 11.1. The molecule has 12 nitrogen and oxygen atoms in total. The number of Topliss-reactive ketones (excluding diaryl/α,β-unsaturated/α-hetero) is 1. The van der Waals surface area contributed by atoms with Crippen LogP contribution in [0.4, 0.5) is 9.18 Å². The summed E-state index contributed by atoms with van der Waals surface area (Å²) in [6, 6.07) is -1.48. The summed E-state index contributed by atoms with van der Waals surface area (Å²) in [5, 5.41) is 14.1. The van der Waals surface area contributed by atoms with E-state index in [1.165, 1.54) is 12.2 Å². The number of carbonyl (C=O) groups excluding carboxylic acids is 5. The van der Waals surface area contributed by atoms with Crippen molar-refractivity contribution < 1.29 is 57.2 Å². The van der Waals surface area contributed by atoms with Crippen molar-refractivity contribution >= 4 is 29.6 Å². The maximum absolute atomic E-state index is 17.6. The first-order chi connectivity index (χ1) is 22.6. The van der Waals surface area contributed by atoms with Crippen LogP contribution in [0.1, 0.15) is 80.6 Å². The highest BCUT2D eigenvalue weighted by Gasteiger charge is 2.80. The van der Waals surface area contributed by atoms with Crippen LogP contribution in [-0.4, -0.2) is 88.8 Å². The number of halogens is 1. The van der Waals surface area contributed by atoms with Crippen LogP contribution in [0.5, 0.6) is 0 Å². The van der Waals surface area contributed by atoms with E-state index in [2.05, 4.69) is 11.9 Å². The number of hydrogen-bond acceptors (Lipinski definition) is 11. The first-order valence-corrected chi connectivity index (χ1v) is 16.8. The number of alkyl halides is 1. The molecule has 1 amide bonds. The normalized spacial score (nSPS) is 37.7. The fourth-order valence-electron chi connectivity index (χ4n) is 9.08. The number of ether oxygens (including phenoxy) is 5. The standard InChI is InChI=1S/C36H48FNO11/c1-9-14-45-29(43)24(38-30(44)48-31(2,3)4)17-28(42)46-19-26(41)36-27(47-32(5,6)49-36)16-23-22-11-10-20-15-21(39)12-13-33(20,7)35(22,37)25(40)18-34(23,36)8/h9-10,12-13,22-25,27,40H,1,11,14-19H2,2-8H3,(H,38,44)/t22-,23-,24?,25-,27+,33-,34-,35-,36+/m0/s1. The summed E-state index contributed by atoms with van der Waals surface area (Å²) in [5.74, 6) is -5.12. The molecule has 0 aromatic heterocycles. The van der Waals surface area contributed by atoms with E-state index in [9.17, 15) is 29.1 Å². The van der Waals surface area contributed by atoms with E-state index < -0.39 is 100 Å². The van der Waals surface area contributed by atoms with Crippen LogP contribution in [0.25, 0.3) is 0 Å². The van der Waals surface area contributed by atoms with Gasteiger partial charge in [-0.1, -0.05) is 37.3 Å². The summed E-state index contributed by atoms with van der Waals surface area (Å²) >= 11 is 0. The Morgan fingerprint density at radius 2 is 1.86 bits per heavy atom. The van der Waals surface area contributed by atoms with Gasteiger partial charge in [0.05, 0.1) is 18.6 Å². The van der Waals surface area contributed by atoms with Gasteiger partial charge in [-0.15, -0.1) is 0 Å². The molecule has 0 aromatic carbocycles. The van der Waals surface area contributed by atoms with Crippen LogP contribution >= 0.6 is 0 Å². The molecule has 0 spiro atoms. The Bertz CT molecular complexity index is 1500. The smallest absolute Gasteiger partial charge is 0.408 e. The molecule has 5 aliphatic rings. The summed E-state index contributed by atoms with van der Waals surface area (Å²) in [6.07, 6.45) is 2.59. The molecule has 13 heteroatoms. The number of esters is 2. The molecule has 1 aliphatic heterocycles. The van der Waals surface area contributed by atoms with Crippen molar-refractivity contribution in [3.05, 3.63) is 36.5 Å². The Morgan fingerprint density at radius 3 is 2.51 bits per heavy atom. The summed E-state index contributed by atoms with van der Waals surface area (Å²) in [7, 11) is 0. The Kier molecular flexibility index (Phi) is 9.34. The number of aliphatic hydroxyl groups excluding tert-OH is 1. The Labute approximate surface area is 285 Å². The molecule has 0 aromatic rings. The summed E-state index contributed by atoms with van der Waals surface area (Å²) in [6.45, 7) is 14.2. The van der Waals surface area contributed by atoms with Crippen molar-refractivity contribution in [3.63, 3.8) is 0 Å². The van der Waals surface area contributed by atoms with Crippen molar-refractivity contribution in [1.29, 1.82) is 0 Å². The molecular weight excluding hydrogens is 641 g/mol. The Hall–Kier alpha value is -3.42. The van der Waals surface area contributed by atoms with Gasteiger partial charge in [-0.25, -0.2) is 14.0 Å². The average molecular weight is 690 g/mol. The molecule has 0 radical (unpaired) electrons. The van der Waals surface area contributed by atoms with E-state index in [1.54, 1.807) is 54.5 Å². The van der Waals surface area contributed by atoms with Crippen LogP contribution in [0.15, 0.2) is 36.5 Å². The zero-order valence-electron chi connectivity index (χ0n) is 29.3. The van der Waals surface area contributed by atoms with E-state index >= 15 is 4.39 Å². The molecule has 3 fully saturated rings. The first kappa shape index (κ1) is 36.9. The number of fused-ring (bicyclic) bond motifs is 7. The first-order valence-electron chi connectivity index (χ1n) is 16.8. The molecule has 1 unspecified atom stereocenters. The number of allylic oxidation sites excluding steroid dienone is 4. The van der Waals surface area contributed by atoms with Gasteiger partial charge >= 0.3 is 18.0 Å². The van der Waals surface area contributed by atoms with E-state index in [0.29, 0.717) is 5.57 Å². The Balaban J connectivity index is 1.38. The summed E-state index contributed by atoms with van der Waals surface area (Å²) in [5.41, 5.74) is -6.43. The van der Waals surface area contributed by atoms with Gasteiger partial charge < -0.3 is 34.1 Å². The van der Waals surface area contributed by atoms with Gasteiger partial charge in [0.1, 0.15) is 18.2 Å². The van der Waals surface area contributed by atoms with E-state index in [0.717, 1.165) is 0 Å². The lowest BCUT2D eigenvalue weighted by Gasteiger charge is -2.62. The number of ketones is 2. The molecule has 4 aliphatic carbocycles. The number of nitrogens with one attached hydrogen (secondary N) is 1. The second-order valence-electron chi connectivity index (χ2n) is 15.7. The SMILES string of the molecule is C=CCOC(=O)C(CC(=O)OCC(=O)[C@@]12OC(C)(C)O[C@@H]1C[C@H]1[C@@H]3CC=C4CC(=O)C=C[C@]4(C)[C@@]3(F)[C@@H](O)C[C@@]12C)NC(=O)OC(C)(C)C. The minimum atomic E-state index is -2.13. The zero-order valence-corrected chi connectivity index (χ0v) is 29.3. The van der Waals surface area contributed by atoms with Gasteiger partial charge in [0.2, 0.25) is 5.78 Å². The fraction of sp³-hybridized carbons (Fsp3) is 0.694. The number of carbonyl (C=O) groups is 5. The van der Waals surface area contributed by atoms with Crippen molar-refractivity contribution in [2.75, 3.05) is 13.2 Å². The van der Waals surface area contributed by atoms with Crippen LogP contribution in [0, 0.1) is 22.7 Å². The highest BCUT2D eigenvalue weighted by atomic mass is 19.1. The van der Waals surface area contributed by atoms with Gasteiger partial charge in [-0.2, -0.15) is 0 Å². The van der Waals surface area contributed by atoms with Crippen LogP contribution in [0.2, 0.25) is 0 Å². The van der Waals surface area contributed by atoms with Crippen LogP contribution in [-0.2, 0) is 42.9 Å². The number of amides is 1. The Morgan fingerprint density at radius 1 is 1.16 bits per heavy atom. The van der Waals surface area contributed by atoms with Crippen molar-refractivity contribution in [1.82, 2.24) is 5.32 Å². The zero-order chi connectivity index (χ0) is 36.4. The number of alkyl carbamates (subject to hydrolysis) is 1. The topological polar surface area (TPSA) is 164 Å². The number of aliphatic hydroxyl groups is 1. The molecule has 1 saturated heterocycles. The molecule has 2 saturated carbocycles. The molecule has 270 valence electrons. The van der Waals surface area contributed by atoms with Gasteiger partial charge in [-0.3, -0.25) is 14.4 Å². The van der Waals surface area contributed by atoms with Crippen molar-refractivity contribution in [3.8, 4) is 0 Å². The molecule has 2 N–H and O–H groups in total. The second-order valence-corrected chi connectivity index (χ2v) is 15.7. The third kappa shape index (κ3) is 6.05. The van der Waals surface area contributed by atoms with Crippen molar-refractivity contribution in [2.45, 2.75) is 121 Å². The van der Waals surface area contributed by atoms with E-state index in [4.69, 9.17) is 23.7 Å². The highest BCUT2D eigenvalue weighted by molar-refractivity contribution is 5.94. The number of rotatable bonds is 9. The minimum absolute atomic E-state index is 0.0804. The predicted molar refractivity (Wildman–Crippen MR) is 171 cm³/mol. The van der Waals surface area contributed by atoms with E-state index in [-0.39, 0.29) is 38.1 Å². The summed E-state index contributed by atoms with van der Waals surface area (Å²) < 4.78 is 46.0. The predicted octanol–water partition coefficient (Wildman–Crippen LogP) is 3.98. The highest BCUT2D eigenvalue weighted by Crippen LogP contribution is 2.72. The fourth-order valence-corrected chi connectivity index (χ4v) is 9.08. The van der Waals surface area contributed by atoms with Gasteiger partial charge in [-0.05, 0) is 72.8 Å². The molecule has 0 bridgehead atoms. The maximum atomic E-state index is 17.6. The molecule has 5 rings (SSSR count). The molecule has 49 heavy (non-hydrogen) atoms. The lowest BCUT2D eigenvalue weighted by molar-refractivity contribution is -0.243. The second kappa shape index (κ2) is 12.4. The number of hydrogen-bond donors (Lipinski definition) is 2. The van der Waals surface area contributed by atoms with Gasteiger partial charge in [0.25, 0.3) is 0 Å². The monoisotopic (exact) mass is 689 g/mol. The minimum Gasteiger partial charge on any atom is -0.460 e.